The number of aryl methyl sites for hydroxylation is 1. The van der Waals surface area contributed by atoms with Crippen LogP contribution in [0.4, 0.5) is 0 Å². The SMILES string of the molecule is Cc1nc(SCC(=O)NC2CCCCC2)n(C)c(=O)c1Cc1cccc(Cl)c1. The Morgan fingerprint density at radius 2 is 2.07 bits per heavy atom. The normalized spacial score (nSPS) is 14.8. The third-order valence-corrected chi connectivity index (χ3v) is 6.39. The van der Waals surface area contributed by atoms with E-state index in [1.165, 1.54) is 35.6 Å². The first-order valence-corrected chi connectivity index (χ1v) is 11.0. The second-order valence-electron chi connectivity index (χ2n) is 7.32. The van der Waals surface area contributed by atoms with E-state index in [0.717, 1.165) is 18.4 Å². The first-order valence-electron chi connectivity index (χ1n) is 9.67. The van der Waals surface area contributed by atoms with E-state index in [1.807, 2.05) is 31.2 Å². The zero-order valence-electron chi connectivity index (χ0n) is 16.3. The number of aromatic nitrogens is 2. The van der Waals surface area contributed by atoms with Crippen molar-refractivity contribution in [3.63, 3.8) is 0 Å². The van der Waals surface area contributed by atoms with E-state index < -0.39 is 0 Å². The Kier molecular flexibility index (Phi) is 7.18. The molecule has 2 aromatic rings. The smallest absolute Gasteiger partial charge is 0.257 e. The van der Waals surface area contributed by atoms with Crippen LogP contribution in [-0.2, 0) is 18.3 Å². The van der Waals surface area contributed by atoms with Crippen molar-refractivity contribution in [3.8, 4) is 0 Å². The molecule has 1 N–H and O–H groups in total. The van der Waals surface area contributed by atoms with Crippen molar-refractivity contribution in [2.45, 2.75) is 56.6 Å². The number of nitrogens with zero attached hydrogens (tertiary/aromatic N) is 2. The first-order chi connectivity index (χ1) is 13.4. The molecule has 1 fully saturated rings. The van der Waals surface area contributed by atoms with Crippen LogP contribution in [0.25, 0.3) is 0 Å². The monoisotopic (exact) mass is 419 g/mol. The van der Waals surface area contributed by atoms with Crippen LogP contribution in [0.2, 0.25) is 5.02 Å². The van der Waals surface area contributed by atoms with E-state index in [0.29, 0.717) is 33.9 Å². The molecular formula is C21H26ClN3O2S. The van der Waals surface area contributed by atoms with Crippen molar-refractivity contribution in [1.82, 2.24) is 14.9 Å². The van der Waals surface area contributed by atoms with Gasteiger partial charge < -0.3 is 5.32 Å². The number of hydrogen-bond acceptors (Lipinski definition) is 4. The number of thioether (sulfide) groups is 1. The fraction of sp³-hybridized carbons (Fsp3) is 0.476. The van der Waals surface area contributed by atoms with Gasteiger partial charge in [0.1, 0.15) is 0 Å². The maximum atomic E-state index is 12.8. The van der Waals surface area contributed by atoms with E-state index in [-0.39, 0.29) is 17.2 Å². The van der Waals surface area contributed by atoms with Gasteiger partial charge in [0, 0.05) is 35.8 Å². The van der Waals surface area contributed by atoms with Gasteiger partial charge in [-0.3, -0.25) is 14.2 Å². The molecule has 0 unspecified atom stereocenters. The summed E-state index contributed by atoms with van der Waals surface area (Å²) in [5.41, 5.74) is 2.24. The number of halogens is 1. The third-order valence-electron chi connectivity index (χ3n) is 5.12. The molecule has 0 radical (unpaired) electrons. The van der Waals surface area contributed by atoms with Gasteiger partial charge in [-0.25, -0.2) is 4.98 Å². The summed E-state index contributed by atoms with van der Waals surface area (Å²) in [5.74, 6) is 0.274. The summed E-state index contributed by atoms with van der Waals surface area (Å²) < 4.78 is 1.53. The van der Waals surface area contributed by atoms with E-state index >= 15 is 0 Å². The average molecular weight is 420 g/mol. The molecule has 7 heteroatoms. The molecule has 0 saturated heterocycles. The molecule has 0 bridgehead atoms. The molecule has 0 atom stereocenters. The standard InChI is InChI=1S/C21H26ClN3O2S/c1-14-18(12-15-7-6-8-16(22)11-15)20(27)25(2)21(23-14)28-13-19(26)24-17-9-4-3-5-10-17/h6-8,11,17H,3-5,9-10,12-13H2,1-2H3,(H,24,26). The second kappa shape index (κ2) is 9.61. The summed E-state index contributed by atoms with van der Waals surface area (Å²) in [5, 5.41) is 4.31. The van der Waals surface area contributed by atoms with Crippen molar-refractivity contribution in [2.75, 3.05) is 5.75 Å². The van der Waals surface area contributed by atoms with Gasteiger partial charge in [0.05, 0.1) is 5.75 Å². The van der Waals surface area contributed by atoms with Crippen LogP contribution >= 0.6 is 23.4 Å². The summed E-state index contributed by atoms with van der Waals surface area (Å²) in [7, 11) is 1.71. The molecule has 1 aliphatic carbocycles. The van der Waals surface area contributed by atoms with E-state index in [9.17, 15) is 9.59 Å². The van der Waals surface area contributed by atoms with Crippen LogP contribution in [-0.4, -0.2) is 27.3 Å². The van der Waals surface area contributed by atoms with Gasteiger partial charge >= 0.3 is 0 Å². The largest absolute Gasteiger partial charge is 0.353 e. The molecule has 0 spiro atoms. The van der Waals surface area contributed by atoms with Crippen molar-refractivity contribution >= 4 is 29.3 Å². The fourth-order valence-corrected chi connectivity index (χ4v) is 4.59. The molecule has 1 aromatic heterocycles. The van der Waals surface area contributed by atoms with Crippen LogP contribution in [0, 0.1) is 6.92 Å². The van der Waals surface area contributed by atoms with Gasteiger partial charge in [0.25, 0.3) is 5.56 Å². The second-order valence-corrected chi connectivity index (χ2v) is 8.70. The summed E-state index contributed by atoms with van der Waals surface area (Å²) in [6.07, 6.45) is 6.23. The van der Waals surface area contributed by atoms with Crippen LogP contribution < -0.4 is 10.9 Å². The zero-order chi connectivity index (χ0) is 20.1. The van der Waals surface area contributed by atoms with Gasteiger partial charge in [0.15, 0.2) is 5.16 Å². The van der Waals surface area contributed by atoms with E-state index in [1.54, 1.807) is 7.05 Å². The summed E-state index contributed by atoms with van der Waals surface area (Å²) >= 11 is 7.36. The molecule has 1 saturated carbocycles. The Labute approximate surface area is 174 Å². The average Bonchev–Trinajstić information content (AvgIpc) is 2.68. The highest BCUT2D eigenvalue weighted by atomic mass is 35.5. The van der Waals surface area contributed by atoms with Crippen LogP contribution in [0.3, 0.4) is 0 Å². The zero-order valence-corrected chi connectivity index (χ0v) is 17.9. The highest BCUT2D eigenvalue weighted by Crippen LogP contribution is 2.20. The van der Waals surface area contributed by atoms with Crippen molar-refractivity contribution in [1.29, 1.82) is 0 Å². The lowest BCUT2D eigenvalue weighted by Crippen LogP contribution is -2.37. The van der Waals surface area contributed by atoms with Gasteiger partial charge in [-0.05, 0) is 37.5 Å². The van der Waals surface area contributed by atoms with Crippen molar-refractivity contribution < 1.29 is 4.79 Å². The maximum Gasteiger partial charge on any atom is 0.257 e. The highest BCUT2D eigenvalue weighted by molar-refractivity contribution is 7.99. The summed E-state index contributed by atoms with van der Waals surface area (Å²) in [6, 6.07) is 7.79. The van der Waals surface area contributed by atoms with Crippen molar-refractivity contribution in [2.24, 2.45) is 7.05 Å². The minimum Gasteiger partial charge on any atom is -0.353 e. The molecule has 0 aliphatic heterocycles. The summed E-state index contributed by atoms with van der Waals surface area (Å²) in [4.78, 5) is 29.7. The number of amides is 1. The summed E-state index contributed by atoms with van der Waals surface area (Å²) in [6.45, 7) is 1.84. The molecule has 1 amide bonds. The van der Waals surface area contributed by atoms with Gasteiger partial charge in [-0.1, -0.05) is 54.8 Å². The lowest BCUT2D eigenvalue weighted by atomic mass is 9.95. The Balaban J connectivity index is 1.67. The Hall–Kier alpha value is -1.79. The Morgan fingerprint density at radius 3 is 2.79 bits per heavy atom. The number of rotatable bonds is 6. The lowest BCUT2D eigenvalue weighted by Gasteiger charge is -2.22. The first kappa shape index (κ1) is 20.9. The van der Waals surface area contributed by atoms with Gasteiger partial charge in [-0.2, -0.15) is 0 Å². The predicted molar refractivity (Wildman–Crippen MR) is 114 cm³/mol. The van der Waals surface area contributed by atoms with Gasteiger partial charge in [-0.15, -0.1) is 0 Å². The molecular weight excluding hydrogens is 394 g/mol. The van der Waals surface area contributed by atoms with Gasteiger partial charge in [0.2, 0.25) is 5.91 Å². The highest BCUT2D eigenvalue weighted by Gasteiger charge is 2.17. The number of carbonyl (C=O) groups excluding carboxylic acids is 1. The molecule has 1 heterocycles. The molecule has 28 heavy (non-hydrogen) atoms. The topological polar surface area (TPSA) is 64.0 Å². The lowest BCUT2D eigenvalue weighted by molar-refractivity contribution is -0.119. The molecule has 150 valence electrons. The maximum absolute atomic E-state index is 12.8. The number of carbonyl (C=O) groups is 1. The third kappa shape index (κ3) is 5.39. The number of hydrogen-bond donors (Lipinski definition) is 1. The Morgan fingerprint density at radius 1 is 1.32 bits per heavy atom. The van der Waals surface area contributed by atoms with E-state index in [4.69, 9.17) is 11.6 Å². The van der Waals surface area contributed by atoms with Crippen LogP contribution in [0.1, 0.15) is 48.9 Å². The number of benzene rings is 1. The fourth-order valence-electron chi connectivity index (χ4n) is 3.56. The minimum atomic E-state index is -0.0809. The van der Waals surface area contributed by atoms with Crippen LogP contribution in [0.15, 0.2) is 34.2 Å². The molecule has 1 aliphatic rings. The Bertz CT molecular complexity index is 907. The van der Waals surface area contributed by atoms with Crippen LogP contribution in [0.5, 0.6) is 0 Å². The molecule has 3 rings (SSSR count). The molecule has 1 aromatic carbocycles. The predicted octanol–water partition coefficient (Wildman–Crippen LogP) is 3.87. The quantitative estimate of drug-likeness (QED) is 0.570. The minimum absolute atomic E-state index is 0.00630. The van der Waals surface area contributed by atoms with Crippen molar-refractivity contribution in [3.05, 3.63) is 56.5 Å². The van der Waals surface area contributed by atoms with E-state index in [2.05, 4.69) is 10.3 Å². The number of nitrogens with one attached hydrogen (secondary N) is 1. The molecule has 5 nitrogen and oxygen atoms in total.